The molecule has 0 aliphatic heterocycles. The lowest BCUT2D eigenvalue weighted by Crippen LogP contribution is -2.09. The first-order valence-electron chi connectivity index (χ1n) is 6.71. The fourth-order valence-electron chi connectivity index (χ4n) is 2.60. The lowest BCUT2D eigenvalue weighted by molar-refractivity contribution is 0.496. The normalized spacial score (nSPS) is 13.1. The van der Waals surface area contributed by atoms with Gasteiger partial charge in [-0.05, 0) is 31.9 Å². The zero-order valence-corrected chi connectivity index (χ0v) is 12.2. The van der Waals surface area contributed by atoms with Crippen LogP contribution in [0.15, 0.2) is 18.2 Å². The number of benzene rings is 1. The van der Waals surface area contributed by atoms with Crippen LogP contribution in [-0.4, -0.2) is 15.4 Å². The number of hydrogen-bond donors (Lipinski definition) is 0. The number of alkyl halides is 1. The number of para-hydroxylation sites is 1. The van der Waals surface area contributed by atoms with E-state index < -0.39 is 0 Å². The molecule has 0 aliphatic rings. The predicted molar refractivity (Wildman–Crippen MR) is 78.5 cm³/mol. The van der Waals surface area contributed by atoms with Crippen LogP contribution in [0.1, 0.15) is 44.1 Å². The second kappa shape index (κ2) is 5.75. The monoisotopic (exact) mass is 264 g/mol. The Morgan fingerprint density at radius 2 is 2.17 bits per heavy atom. The number of rotatable bonds is 5. The number of fused-ring (bicyclic) bond motifs is 1. The molecule has 2 rings (SSSR count). The minimum atomic E-state index is 0.486. The predicted octanol–water partition coefficient (Wildman–Crippen LogP) is 4.49. The molecule has 0 fully saturated rings. The van der Waals surface area contributed by atoms with E-state index in [4.69, 9.17) is 16.6 Å². The molecule has 98 valence electrons. The molecule has 2 aromatic rings. The summed E-state index contributed by atoms with van der Waals surface area (Å²) in [6.45, 7) is 6.61. The lowest BCUT2D eigenvalue weighted by atomic mass is 10.1. The number of halogens is 1. The van der Waals surface area contributed by atoms with E-state index in [1.165, 1.54) is 23.9 Å². The third-order valence-electron chi connectivity index (χ3n) is 3.46. The van der Waals surface area contributed by atoms with Crippen molar-refractivity contribution in [2.45, 2.75) is 46.1 Å². The van der Waals surface area contributed by atoms with E-state index in [1.807, 2.05) is 0 Å². The van der Waals surface area contributed by atoms with Crippen molar-refractivity contribution in [2.75, 3.05) is 5.88 Å². The fraction of sp³-hybridized carbons (Fsp3) is 0.533. The molecule has 1 aromatic carbocycles. The number of aryl methyl sites for hydroxylation is 2. The summed E-state index contributed by atoms with van der Waals surface area (Å²) in [6.07, 6.45) is 3.20. The van der Waals surface area contributed by atoms with E-state index in [0.717, 1.165) is 17.8 Å². The van der Waals surface area contributed by atoms with Crippen LogP contribution in [0.4, 0.5) is 0 Å². The summed E-state index contributed by atoms with van der Waals surface area (Å²) in [5, 5.41) is 0. The van der Waals surface area contributed by atoms with Crippen LogP contribution in [0.25, 0.3) is 11.0 Å². The maximum Gasteiger partial charge on any atom is 0.111 e. The largest absolute Gasteiger partial charge is 0.325 e. The molecule has 2 nitrogen and oxygen atoms in total. The first kappa shape index (κ1) is 13.4. The molecule has 1 unspecified atom stereocenters. The molecule has 1 heterocycles. The molecule has 1 atom stereocenters. The molecule has 0 aliphatic carbocycles. The van der Waals surface area contributed by atoms with Gasteiger partial charge in [-0.25, -0.2) is 4.98 Å². The average molecular weight is 265 g/mol. The zero-order valence-electron chi connectivity index (χ0n) is 11.4. The summed E-state index contributed by atoms with van der Waals surface area (Å²) in [5.74, 6) is 1.75. The van der Waals surface area contributed by atoms with Gasteiger partial charge in [0.15, 0.2) is 0 Å². The lowest BCUT2D eigenvalue weighted by Gasteiger charge is -2.16. The van der Waals surface area contributed by atoms with Gasteiger partial charge in [-0.2, -0.15) is 0 Å². The molecule has 0 bridgehead atoms. The Morgan fingerprint density at radius 3 is 2.83 bits per heavy atom. The SMILES string of the molecule is CCCC(C)n1c(CCCl)nc2c(C)cccc21. The Balaban J connectivity index is 2.58. The molecule has 18 heavy (non-hydrogen) atoms. The minimum Gasteiger partial charge on any atom is -0.325 e. The number of aromatic nitrogens is 2. The molecule has 0 spiro atoms. The van der Waals surface area contributed by atoms with Gasteiger partial charge in [0.1, 0.15) is 5.82 Å². The van der Waals surface area contributed by atoms with E-state index in [-0.39, 0.29) is 0 Å². The summed E-state index contributed by atoms with van der Waals surface area (Å²) in [7, 11) is 0. The summed E-state index contributed by atoms with van der Waals surface area (Å²) in [5.41, 5.74) is 3.61. The molecule has 3 heteroatoms. The van der Waals surface area contributed by atoms with Gasteiger partial charge in [-0.3, -0.25) is 0 Å². The average Bonchev–Trinajstić information content (AvgIpc) is 2.70. The fourth-order valence-corrected chi connectivity index (χ4v) is 2.77. The van der Waals surface area contributed by atoms with Crippen molar-refractivity contribution in [2.24, 2.45) is 0 Å². The summed E-state index contributed by atoms with van der Waals surface area (Å²) in [6, 6.07) is 6.88. The van der Waals surface area contributed by atoms with Crippen LogP contribution >= 0.6 is 11.6 Å². The van der Waals surface area contributed by atoms with Crippen LogP contribution in [0.5, 0.6) is 0 Å². The number of nitrogens with zero attached hydrogens (tertiary/aromatic N) is 2. The van der Waals surface area contributed by atoms with Crippen LogP contribution in [0, 0.1) is 6.92 Å². The van der Waals surface area contributed by atoms with Gasteiger partial charge in [0.05, 0.1) is 11.0 Å². The van der Waals surface area contributed by atoms with Crippen molar-refractivity contribution in [1.29, 1.82) is 0 Å². The molecule has 0 radical (unpaired) electrons. The molecule has 0 saturated heterocycles. The third kappa shape index (κ3) is 2.39. The molecule has 0 amide bonds. The van der Waals surface area contributed by atoms with Gasteiger partial charge in [0.2, 0.25) is 0 Å². The van der Waals surface area contributed by atoms with Crippen molar-refractivity contribution >= 4 is 22.6 Å². The second-order valence-corrected chi connectivity index (χ2v) is 5.30. The molecular formula is C15H21ClN2. The Hall–Kier alpha value is -1.02. The van der Waals surface area contributed by atoms with Crippen molar-refractivity contribution in [3.05, 3.63) is 29.6 Å². The highest BCUT2D eigenvalue weighted by atomic mass is 35.5. The molecule has 0 N–H and O–H groups in total. The Bertz CT molecular complexity index is 531. The standard InChI is InChI=1S/C15H21ClN2/c1-4-6-12(3)18-13-8-5-7-11(2)15(13)17-14(18)9-10-16/h5,7-8,12H,4,6,9-10H2,1-3H3. The summed E-state index contributed by atoms with van der Waals surface area (Å²) in [4.78, 5) is 4.78. The van der Waals surface area contributed by atoms with Crippen LogP contribution in [0.2, 0.25) is 0 Å². The van der Waals surface area contributed by atoms with Crippen LogP contribution < -0.4 is 0 Å². The van der Waals surface area contributed by atoms with Crippen LogP contribution in [0.3, 0.4) is 0 Å². The van der Waals surface area contributed by atoms with Crippen molar-refractivity contribution < 1.29 is 0 Å². The maximum atomic E-state index is 5.90. The Kier molecular flexibility index (Phi) is 4.28. The van der Waals surface area contributed by atoms with Crippen molar-refractivity contribution in [1.82, 2.24) is 9.55 Å². The smallest absolute Gasteiger partial charge is 0.111 e. The Morgan fingerprint density at radius 1 is 1.39 bits per heavy atom. The van der Waals surface area contributed by atoms with Crippen molar-refractivity contribution in [3.63, 3.8) is 0 Å². The van der Waals surface area contributed by atoms with Gasteiger partial charge >= 0.3 is 0 Å². The van der Waals surface area contributed by atoms with E-state index in [1.54, 1.807) is 0 Å². The highest BCUT2D eigenvalue weighted by molar-refractivity contribution is 6.17. The molecule has 1 aromatic heterocycles. The third-order valence-corrected chi connectivity index (χ3v) is 3.65. The molecular weight excluding hydrogens is 244 g/mol. The maximum absolute atomic E-state index is 5.90. The quantitative estimate of drug-likeness (QED) is 0.728. The minimum absolute atomic E-state index is 0.486. The van der Waals surface area contributed by atoms with E-state index in [9.17, 15) is 0 Å². The van der Waals surface area contributed by atoms with Gasteiger partial charge in [-0.1, -0.05) is 25.5 Å². The highest BCUT2D eigenvalue weighted by Gasteiger charge is 2.15. The van der Waals surface area contributed by atoms with Gasteiger partial charge in [0.25, 0.3) is 0 Å². The molecule has 0 saturated carbocycles. The van der Waals surface area contributed by atoms with E-state index >= 15 is 0 Å². The van der Waals surface area contributed by atoms with Gasteiger partial charge in [-0.15, -0.1) is 11.6 Å². The second-order valence-electron chi connectivity index (χ2n) is 4.92. The number of imidazole rings is 1. The number of hydrogen-bond acceptors (Lipinski definition) is 1. The van der Waals surface area contributed by atoms with E-state index in [0.29, 0.717) is 11.9 Å². The van der Waals surface area contributed by atoms with Crippen molar-refractivity contribution in [3.8, 4) is 0 Å². The summed E-state index contributed by atoms with van der Waals surface area (Å²) < 4.78 is 2.37. The summed E-state index contributed by atoms with van der Waals surface area (Å²) >= 11 is 5.90. The zero-order chi connectivity index (χ0) is 13.1. The van der Waals surface area contributed by atoms with Gasteiger partial charge < -0.3 is 4.57 Å². The van der Waals surface area contributed by atoms with E-state index in [2.05, 4.69) is 43.5 Å². The van der Waals surface area contributed by atoms with Crippen LogP contribution in [-0.2, 0) is 6.42 Å². The Labute approximate surface area is 114 Å². The first-order valence-corrected chi connectivity index (χ1v) is 7.24. The van der Waals surface area contributed by atoms with Gasteiger partial charge in [0, 0.05) is 18.3 Å². The highest BCUT2D eigenvalue weighted by Crippen LogP contribution is 2.26. The topological polar surface area (TPSA) is 17.8 Å². The first-order chi connectivity index (χ1) is 8.69.